The van der Waals surface area contributed by atoms with Gasteiger partial charge in [0.2, 0.25) is 0 Å². The van der Waals surface area contributed by atoms with Gasteiger partial charge in [-0.05, 0) is 23.3 Å². The Morgan fingerprint density at radius 3 is 1.70 bits per heavy atom. The van der Waals surface area contributed by atoms with E-state index >= 15 is 0 Å². The molecule has 0 N–H and O–H groups in total. The molecule has 0 bridgehead atoms. The summed E-state index contributed by atoms with van der Waals surface area (Å²) in [7, 11) is 1.69. The van der Waals surface area contributed by atoms with Gasteiger partial charge in [-0.15, -0.1) is 0 Å². The fraction of sp³-hybridized carbons (Fsp3) is 0.278. The van der Waals surface area contributed by atoms with Crippen LogP contribution in [-0.4, -0.2) is 31.5 Å². The van der Waals surface area contributed by atoms with Crippen LogP contribution in [0.1, 0.15) is 17.0 Å². The van der Waals surface area contributed by atoms with Gasteiger partial charge in [-0.3, -0.25) is 4.79 Å². The monoisotopic (exact) mass is 389 g/mol. The zero-order chi connectivity index (χ0) is 20.0. The summed E-state index contributed by atoms with van der Waals surface area (Å²) in [6.45, 7) is 0. The first-order valence-electron chi connectivity index (χ1n) is 7.77. The molecule has 2 aromatic carbocycles. The Labute approximate surface area is 150 Å². The summed E-state index contributed by atoms with van der Waals surface area (Å²) in [5.41, 5.74) is 1.53. The molecule has 3 nitrogen and oxygen atoms in total. The lowest BCUT2D eigenvalue weighted by Gasteiger charge is -2.35. The van der Waals surface area contributed by atoms with E-state index in [-0.39, 0.29) is 11.1 Å². The second-order valence-electron chi connectivity index (χ2n) is 6.01. The number of anilines is 2. The molecule has 0 saturated carbocycles. The van der Waals surface area contributed by atoms with E-state index < -0.39 is 30.3 Å². The van der Waals surface area contributed by atoms with E-state index in [9.17, 15) is 31.1 Å². The minimum Gasteiger partial charge on any atom is -0.442 e. The number of halogens is 6. The first kappa shape index (κ1) is 19.1. The smallest absolute Gasteiger partial charge is 0.434 e. The molecule has 0 aromatic heterocycles. The second kappa shape index (κ2) is 6.47. The lowest BCUT2D eigenvalue weighted by molar-refractivity contribution is -0.313. The van der Waals surface area contributed by atoms with Gasteiger partial charge in [0.1, 0.15) is 5.92 Å². The molecule has 3 rings (SSSR count). The number of hydrogen-bond acceptors (Lipinski definition) is 3. The zero-order valence-electron chi connectivity index (χ0n) is 13.8. The molecule has 9 heteroatoms. The summed E-state index contributed by atoms with van der Waals surface area (Å²) in [6.07, 6.45) is -15.7. The maximum atomic E-state index is 12.8. The Hall–Kier alpha value is -2.71. The maximum Gasteiger partial charge on any atom is 0.434 e. The molecular formula is C18H13F6NO2. The highest BCUT2D eigenvalue weighted by molar-refractivity contribution is 5.91. The van der Waals surface area contributed by atoms with E-state index in [2.05, 4.69) is 4.74 Å². The number of ether oxygens (including phenoxy) is 1. The van der Waals surface area contributed by atoms with E-state index in [1.165, 1.54) is 12.1 Å². The van der Waals surface area contributed by atoms with E-state index in [1.54, 1.807) is 48.3 Å². The number of para-hydroxylation sites is 2. The number of alkyl halides is 6. The van der Waals surface area contributed by atoms with Crippen LogP contribution in [0.4, 0.5) is 37.7 Å². The lowest BCUT2D eigenvalue weighted by Crippen LogP contribution is -2.46. The minimum atomic E-state index is -5.77. The summed E-state index contributed by atoms with van der Waals surface area (Å²) in [5.74, 6) is -3.01. The number of nitrogens with zero attached hydrogens (tertiary/aromatic N) is 1. The largest absolute Gasteiger partial charge is 0.442 e. The molecule has 0 atom stereocenters. The third kappa shape index (κ3) is 3.45. The van der Waals surface area contributed by atoms with Crippen molar-refractivity contribution >= 4 is 17.3 Å². The van der Waals surface area contributed by atoms with Crippen molar-refractivity contribution in [2.45, 2.75) is 24.4 Å². The summed E-state index contributed by atoms with van der Waals surface area (Å²) in [4.78, 5) is 14.2. The molecule has 1 heterocycles. The van der Waals surface area contributed by atoms with E-state index in [1.807, 2.05) is 0 Å². The highest BCUT2D eigenvalue weighted by Gasteiger charge is 2.60. The predicted octanol–water partition coefficient (Wildman–Crippen LogP) is 4.94. The third-order valence-electron chi connectivity index (χ3n) is 4.28. The van der Waals surface area contributed by atoms with Gasteiger partial charge in [0.15, 0.2) is 0 Å². The van der Waals surface area contributed by atoms with Gasteiger partial charge in [0.05, 0.1) is 0 Å². The quantitative estimate of drug-likeness (QED) is 0.539. The fourth-order valence-electron chi connectivity index (χ4n) is 3.13. The molecule has 2 aromatic rings. The van der Waals surface area contributed by atoms with Gasteiger partial charge in [-0.2, -0.15) is 26.3 Å². The van der Waals surface area contributed by atoms with Crippen molar-refractivity contribution in [2.24, 2.45) is 0 Å². The van der Waals surface area contributed by atoms with Crippen molar-refractivity contribution in [1.29, 1.82) is 0 Å². The van der Waals surface area contributed by atoms with Gasteiger partial charge in [0, 0.05) is 18.4 Å². The van der Waals surface area contributed by atoms with Crippen LogP contribution < -0.4 is 4.90 Å². The number of hydrogen-bond donors (Lipinski definition) is 0. The van der Waals surface area contributed by atoms with Crippen molar-refractivity contribution in [3.05, 3.63) is 59.7 Å². The average molecular weight is 389 g/mol. The van der Waals surface area contributed by atoms with E-state index in [0.29, 0.717) is 11.4 Å². The molecule has 144 valence electrons. The van der Waals surface area contributed by atoms with Crippen LogP contribution in [0.25, 0.3) is 0 Å². The van der Waals surface area contributed by atoms with Gasteiger partial charge >= 0.3 is 18.3 Å². The summed E-state index contributed by atoms with van der Waals surface area (Å²) in [5, 5.41) is 0. The average Bonchev–Trinajstić information content (AvgIpc) is 2.58. The SMILES string of the molecule is CN1c2ccccc2C(C(=O)OC(C(F)(F)F)C(F)(F)F)c2ccccc21. The van der Waals surface area contributed by atoms with E-state index in [0.717, 1.165) is 0 Å². The standard InChI is InChI=1S/C18H13F6NO2/c1-25-12-8-4-2-6-10(12)14(11-7-3-5-9-13(11)25)15(26)27-16(17(19,20)21)18(22,23)24/h2-9,14,16H,1H3. The van der Waals surface area contributed by atoms with Crippen molar-refractivity contribution in [3.63, 3.8) is 0 Å². The van der Waals surface area contributed by atoms with Crippen LogP contribution in [0.15, 0.2) is 48.5 Å². The summed E-state index contributed by atoms with van der Waals surface area (Å²) < 4.78 is 80.7. The van der Waals surface area contributed by atoms with Crippen molar-refractivity contribution in [3.8, 4) is 0 Å². The fourth-order valence-corrected chi connectivity index (χ4v) is 3.13. The zero-order valence-corrected chi connectivity index (χ0v) is 13.8. The van der Waals surface area contributed by atoms with Crippen molar-refractivity contribution < 1.29 is 35.9 Å². The second-order valence-corrected chi connectivity index (χ2v) is 6.01. The molecule has 0 fully saturated rings. The highest BCUT2D eigenvalue weighted by atomic mass is 19.4. The molecule has 1 aliphatic rings. The van der Waals surface area contributed by atoms with Crippen LogP contribution in [0.2, 0.25) is 0 Å². The van der Waals surface area contributed by atoms with Gasteiger partial charge in [-0.1, -0.05) is 36.4 Å². The highest BCUT2D eigenvalue weighted by Crippen LogP contribution is 2.46. The molecular weight excluding hydrogens is 376 g/mol. The Balaban J connectivity index is 2.06. The maximum absolute atomic E-state index is 12.8. The molecule has 27 heavy (non-hydrogen) atoms. The molecule has 1 aliphatic heterocycles. The molecule has 0 radical (unpaired) electrons. The molecule has 0 saturated heterocycles. The lowest BCUT2D eigenvalue weighted by atomic mass is 9.85. The van der Waals surface area contributed by atoms with Crippen molar-refractivity contribution in [1.82, 2.24) is 0 Å². The molecule has 0 aliphatic carbocycles. The number of carbonyl (C=O) groups is 1. The number of esters is 1. The predicted molar refractivity (Wildman–Crippen MR) is 84.8 cm³/mol. The molecule has 0 spiro atoms. The first-order valence-corrected chi connectivity index (χ1v) is 7.77. The topological polar surface area (TPSA) is 29.5 Å². The van der Waals surface area contributed by atoms with Crippen LogP contribution >= 0.6 is 0 Å². The Morgan fingerprint density at radius 2 is 1.30 bits per heavy atom. The van der Waals surface area contributed by atoms with Crippen LogP contribution in [0, 0.1) is 0 Å². The van der Waals surface area contributed by atoms with E-state index in [4.69, 9.17) is 0 Å². The van der Waals surface area contributed by atoms with Crippen LogP contribution in [0.5, 0.6) is 0 Å². The normalized spacial score (nSPS) is 14.7. The van der Waals surface area contributed by atoms with Crippen molar-refractivity contribution in [2.75, 3.05) is 11.9 Å². The third-order valence-corrected chi connectivity index (χ3v) is 4.28. The van der Waals surface area contributed by atoms with Crippen LogP contribution in [0.3, 0.4) is 0 Å². The number of rotatable bonds is 2. The summed E-state index contributed by atoms with van der Waals surface area (Å²) in [6, 6.07) is 12.6. The Morgan fingerprint density at radius 1 is 0.889 bits per heavy atom. The first-order chi connectivity index (χ1) is 12.5. The van der Waals surface area contributed by atoms with Gasteiger partial charge < -0.3 is 9.64 Å². The van der Waals surface area contributed by atoms with Gasteiger partial charge in [-0.25, -0.2) is 0 Å². The number of benzene rings is 2. The minimum absolute atomic E-state index is 0.270. The molecule has 0 amide bonds. The Bertz CT molecular complexity index is 800. The van der Waals surface area contributed by atoms with Crippen LogP contribution in [-0.2, 0) is 9.53 Å². The van der Waals surface area contributed by atoms with Gasteiger partial charge in [0.25, 0.3) is 6.10 Å². The number of carbonyl (C=O) groups excluding carboxylic acids is 1. The molecule has 0 unspecified atom stereocenters. The number of fused-ring (bicyclic) bond motifs is 2. The summed E-state index contributed by atoms with van der Waals surface area (Å²) >= 11 is 0. The Kier molecular flexibility index (Phi) is 4.57.